The Bertz CT molecular complexity index is 1240. The van der Waals surface area contributed by atoms with Crippen LogP contribution in [-0.4, -0.2) is 68.8 Å². The van der Waals surface area contributed by atoms with Gasteiger partial charge in [-0.3, -0.25) is 20.0 Å². The van der Waals surface area contributed by atoms with Gasteiger partial charge in [0.15, 0.2) is 0 Å². The first-order valence-electron chi connectivity index (χ1n) is 11.2. The molecule has 1 fully saturated rings. The number of para-hydroxylation sites is 1. The van der Waals surface area contributed by atoms with Crippen LogP contribution >= 0.6 is 15.9 Å². The first kappa shape index (κ1) is 23.9. The molecule has 34 heavy (non-hydrogen) atoms. The van der Waals surface area contributed by atoms with Gasteiger partial charge in [0.2, 0.25) is 0 Å². The van der Waals surface area contributed by atoms with Gasteiger partial charge in [-0.1, -0.05) is 18.2 Å². The second kappa shape index (κ2) is 10.8. The van der Waals surface area contributed by atoms with Crippen molar-refractivity contribution in [2.75, 3.05) is 38.5 Å². The number of hydrogen-bond acceptors (Lipinski definition) is 7. The molecule has 0 radical (unpaired) electrons. The summed E-state index contributed by atoms with van der Waals surface area (Å²) < 4.78 is 5.78. The Balaban J connectivity index is 1.65. The standard InChI is InChI=1S/C24H28BrN7O2/c1-3-34-24(33)32-10-8-31(9-11-32)15-21-22(25)23(26)30-28-14-19(16(2)29-21)18-12-17-6-4-5-7-20(17)27-13-18/h4-7,12-14,30H,3,8-11,15,26H2,1-2H3. The van der Waals surface area contributed by atoms with E-state index in [1.165, 1.54) is 0 Å². The van der Waals surface area contributed by atoms with Gasteiger partial charge in [0.05, 0.1) is 28.5 Å². The van der Waals surface area contributed by atoms with Crippen LogP contribution in [-0.2, 0) is 11.3 Å². The van der Waals surface area contributed by atoms with E-state index in [0.29, 0.717) is 49.6 Å². The SMILES string of the molecule is CCOC(=O)N1CCN(Cc2nc(C)c(-c3cnc4ccccc4c3)cn[nH]c(N)c2Br)CC1. The average Bonchev–Trinajstić information content (AvgIpc) is 2.90. The van der Waals surface area contributed by atoms with Crippen LogP contribution in [0.2, 0.25) is 0 Å². The quantitative estimate of drug-likeness (QED) is 0.527. The van der Waals surface area contributed by atoms with E-state index in [-0.39, 0.29) is 6.09 Å². The highest BCUT2D eigenvalue weighted by molar-refractivity contribution is 9.10. The number of anilines is 1. The minimum absolute atomic E-state index is 0.263. The number of aromatic amines is 1. The molecule has 1 aromatic carbocycles. The fraction of sp³-hybridized carbons (Fsp3) is 0.333. The summed E-state index contributed by atoms with van der Waals surface area (Å²) in [5.41, 5.74) is 10.5. The number of hydrogen-bond donors (Lipinski definition) is 2. The molecule has 3 heterocycles. The molecule has 3 aromatic rings. The van der Waals surface area contributed by atoms with Crippen molar-refractivity contribution in [3.05, 3.63) is 58.6 Å². The predicted octanol–water partition coefficient (Wildman–Crippen LogP) is 4.07. The zero-order chi connectivity index (χ0) is 24.1. The van der Waals surface area contributed by atoms with Crippen LogP contribution in [0.1, 0.15) is 18.3 Å². The molecule has 1 aliphatic rings. The minimum Gasteiger partial charge on any atom is -0.450 e. The number of aromatic nitrogens is 4. The molecule has 0 aliphatic carbocycles. The van der Waals surface area contributed by atoms with Crippen LogP contribution in [0.15, 0.2) is 47.2 Å². The number of nitrogen functional groups attached to an aromatic ring is 1. The van der Waals surface area contributed by atoms with Gasteiger partial charge in [0.1, 0.15) is 5.82 Å². The van der Waals surface area contributed by atoms with Gasteiger partial charge >= 0.3 is 6.09 Å². The maximum absolute atomic E-state index is 12.0. The average molecular weight is 526 g/mol. The number of fused-ring (bicyclic) bond motifs is 1. The summed E-state index contributed by atoms with van der Waals surface area (Å²) in [5.74, 6) is 0.380. The predicted molar refractivity (Wildman–Crippen MR) is 135 cm³/mol. The van der Waals surface area contributed by atoms with E-state index in [2.05, 4.69) is 42.1 Å². The number of ether oxygens (including phenoxy) is 1. The highest BCUT2D eigenvalue weighted by atomic mass is 79.9. The Labute approximate surface area is 206 Å². The Morgan fingerprint density at radius 3 is 2.74 bits per heavy atom. The highest BCUT2D eigenvalue weighted by Gasteiger charge is 2.23. The van der Waals surface area contributed by atoms with E-state index < -0.39 is 0 Å². The summed E-state index contributed by atoms with van der Waals surface area (Å²) in [5, 5.41) is 8.26. The lowest BCUT2D eigenvalue weighted by Crippen LogP contribution is -2.48. The van der Waals surface area contributed by atoms with Crippen molar-refractivity contribution in [1.29, 1.82) is 0 Å². The molecule has 0 spiro atoms. The lowest BCUT2D eigenvalue weighted by molar-refractivity contribution is 0.0775. The molecule has 0 saturated carbocycles. The minimum atomic E-state index is -0.263. The summed E-state index contributed by atoms with van der Waals surface area (Å²) in [6, 6.07) is 10.1. The zero-order valence-electron chi connectivity index (χ0n) is 19.3. The van der Waals surface area contributed by atoms with Crippen molar-refractivity contribution in [3.63, 3.8) is 0 Å². The number of carbonyl (C=O) groups excluding carboxylic acids is 1. The molecule has 1 aliphatic heterocycles. The Kier molecular flexibility index (Phi) is 7.59. The van der Waals surface area contributed by atoms with E-state index in [1.807, 2.05) is 44.3 Å². The van der Waals surface area contributed by atoms with Gasteiger partial charge < -0.3 is 15.4 Å². The largest absolute Gasteiger partial charge is 0.450 e. The van der Waals surface area contributed by atoms with Crippen molar-refractivity contribution in [2.24, 2.45) is 0 Å². The van der Waals surface area contributed by atoms with Gasteiger partial charge in [-0.05, 0) is 41.9 Å². The third-order valence-electron chi connectivity index (χ3n) is 5.73. The normalized spacial score (nSPS) is 14.1. The number of pyridine rings is 1. The Morgan fingerprint density at radius 2 is 1.97 bits per heavy atom. The second-order valence-corrected chi connectivity index (χ2v) is 8.83. The number of amides is 1. The number of halogens is 1. The summed E-state index contributed by atoms with van der Waals surface area (Å²) >= 11 is 3.60. The first-order chi connectivity index (χ1) is 16.5. The van der Waals surface area contributed by atoms with Crippen LogP contribution in [0, 0.1) is 6.92 Å². The van der Waals surface area contributed by atoms with Crippen molar-refractivity contribution in [1.82, 2.24) is 30.0 Å². The number of aryl methyl sites for hydroxylation is 1. The molecular formula is C24H28BrN7O2. The summed E-state index contributed by atoms with van der Waals surface area (Å²) in [4.78, 5) is 25.5. The molecule has 1 amide bonds. The molecule has 3 N–H and O–H groups in total. The second-order valence-electron chi connectivity index (χ2n) is 8.03. The molecular weight excluding hydrogens is 498 g/mol. The molecule has 178 valence electrons. The topological polar surface area (TPSA) is 113 Å². The van der Waals surface area contributed by atoms with Crippen LogP contribution < -0.4 is 5.73 Å². The number of rotatable bonds is 4. The highest BCUT2D eigenvalue weighted by Crippen LogP contribution is 2.26. The monoisotopic (exact) mass is 525 g/mol. The van der Waals surface area contributed by atoms with Gasteiger partial charge in [0.25, 0.3) is 0 Å². The van der Waals surface area contributed by atoms with E-state index in [9.17, 15) is 4.79 Å². The molecule has 2 aromatic heterocycles. The lowest BCUT2D eigenvalue weighted by Gasteiger charge is -2.33. The number of nitrogens with one attached hydrogen (secondary N) is 1. The van der Waals surface area contributed by atoms with E-state index >= 15 is 0 Å². The van der Waals surface area contributed by atoms with E-state index in [4.69, 9.17) is 15.5 Å². The Hall–Kier alpha value is -3.24. The molecule has 0 bridgehead atoms. The summed E-state index contributed by atoms with van der Waals surface area (Å²) in [6.07, 6.45) is 3.29. The van der Waals surface area contributed by atoms with Gasteiger partial charge in [-0.25, -0.2) is 4.79 Å². The van der Waals surface area contributed by atoms with E-state index in [1.54, 1.807) is 11.1 Å². The molecule has 4 rings (SSSR count). The maximum Gasteiger partial charge on any atom is 0.409 e. The number of benzene rings is 1. The van der Waals surface area contributed by atoms with Crippen LogP contribution in [0.3, 0.4) is 0 Å². The van der Waals surface area contributed by atoms with Gasteiger partial charge in [-0.2, -0.15) is 5.10 Å². The number of H-pyrrole nitrogens is 1. The number of piperazine rings is 1. The van der Waals surface area contributed by atoms with E-state index in [0.717, 1.165) is 33.4 Å². The van der Waals surface area contributed by atoms with Gasteiger partial charge in [-0.15, -0.1) is 0 Å². The van der Waals surface area contributed by atoms with Gasteiger partial charge in [0, 0.05) is 61.1 Å². The summed E-state index contributed by atoms with van der Waals surface area (Å²) in [6.45, 7) is 7.35. The smallest absolute Gasteiger partial charge is 0.409 e. The Morgan fingerprint density at radius 1 is 1.21 bits per heavy atom. The number of nitrogens with two attached hydrogens (primary N) is 1. The molecule has 10 heteroatoms. The lowest BCUT2D eigenvalue weighted by atomic mass is 10.1. The molecule has 9 nitrogen and oxygen atoms in total. The molecule has 0 atom stereocenters. The van der Waals surface area contributed by atoms with Crippen molar-refractivity contribution in [3.8, 4) is 11.1 Å². The third kappa shape index (κ3) is 5.45. The van der Waals surface area contributed by atoms with Crippen LogP contribution in [0.25, 0.3) is 22.0 Å². The fourth-order valence-corrected chi connectivity index (χ4v) is 4.20. The molecule has 1 saturated heterocycles. The van der Waals surface area contributed by atoms with Crippen molar-refractivity contribution >= 4 is 38.7 Å². The van der Waals surface area contributed by atoms with Crippen molar-refractivity contribution in [2.45, 2.75) is 20.4 Å². The number of nitrogens with zero attached hydrogens (tertiary/aromatic N) is 5. The summed E-state index contributed by atoms with van der Waals surface area (Å²) in [7, 11) is 0. The number of carbonyl (C=O) groups is 1. The fourth-order valence-electron chi connectivity index (χ4n) is 3.90. The maximum atomic E-state index is 12.0. The first-order valence-corrected chi connectivity index (χ1v) is 12.0. The third-order valence-corrected chi connectivity index (χ3v) is 6.62. The molecule has 0 unspecified atom stereocenters. The van der Waals surface area contributed by atoms with Crippen LogP contribution in [0.4, 0.5) is 10.6 Å². The zero-order valence-corrected chi connectivity index (χ0v) is 20.9. The van der Waals surface area contributed by atoms with Crippen molar-refractivity contribution < 1.29 is 9.53 Å². The van der Waals surface area contributed by atoms with Crippen LogP contribution in [0.5, 0.6) is 0 Å².